The first-order valence-corrected chi connectivity index (χ1v) is 6.01. The van der Waals surface area contributed by atoms with E-state index in [1.807, 2.05) is 0 Å². The summed E-state index contributed by atoms with van der Waals surface area (Å²) in [7, 11) is 0. The lowest BCUT2D eigenvalue weighted by Crippen LogP contribution is -1.98. The molecule has 0 amide bonds. The summed E-state index contributed by atoms with van der Waals surface area (Å²) in [6.45, 7) is 0.0245. The third-order valence-corrected chi connectivity index (χ3v) is 2.67. The minimum absolute atomic E-state index is 0.0245. The third kappa shape index (κ3) is 3.72. The summed E-state index contributed by atoms with van der Waals surface area (Å²) in [5.74, 6) is -0.179. The number of pyridine rings is 1. The highest BCUT2D eigenvalue weighted by Crippen LogP contribution is 2.20. The van der Waals surface area contributed by atoms with Crippen LogP contribution < -0.4 is 4.74 Å². The molecular weight excluding hydrogens is 319 g/mol. The second-order valence-electron chi connectivity index (χ2n) is 3.70. The normalized spacial score (nSPS) is 10.2. The second-order valence-corrected chi connectivity index (χ2v) is 4.62. The molecule has 0 radical (unpaired) electrons. The van der Waals surface area contributed by atoms with Gasteiger partial charge in [-0.3, -0.25) is 15.1 Å². The van der Waals surface area contributed by atoms with Crippen molar-refractivity contribution in [2.75, 3.05) is 0 Å². The summed E-state index contributed by atoms with van der Waals surface area (Å²) in [5, 5.41) is 10.6. The van der Waals surface area contributed by atoms with E-state index in [2.05, 4.69) is 20.9 Å². The first kappa shape index (κ1) is 13.4. The SMILES string of the molecule is O=[N+]([O-])c1cc(F)cc(COc2cncc(Br)c2)c1. The van der Waals surface area contributed by atoms with Crippen LogP contribution in [-0.2, 0) is 6.61 Å². The molecule has 0 unspecified atom stereocenters. The minimum Gasteiger partial charge on any atom is -0.487 e. The number of hydrogen-bond acceptors (Lipinski definition) is 4. The van der Waals surface area contributed by atoms with E-state index in [9.17, 15) is 14.5 Å². The Kier molecular flexibility index (Phi) is 4.06. The van der Waals surface area contributed by atoms with Crippen LogP contribution in [0.2, 0.25) is 0 Å². The lowest BCUT2D eigenvalue weighted by Gasteiger charge is -2.06. The zero-order valence-electron chi connectivity index (χ0n) is 9.55. The van der Waals surface area contributed by atoms with Crippen molar-refractivity contribution in [2.24, 2.45) is 0 Å². The van der Waals surface area contributed by atoms with E-state index in [1.54, 1.807) is 12.3 Å². The Morgan fingerprint density at radius 2 is 2.11 bits per heavy atom. The van der Waals surface area contributed by atoms with Crippen molar-refractivity contribution in [3.8, 4) is 5.75 Å². The summed E-state index contributed by atoms with van der Waals surface area (Å²) < 4.78 is 19.3. The van der Waals surface area contributed by atoms with Crippen LogP contribution in [0.25, 0.3) is 0 Å². The summed E-state index contributed by atoms with van der Waals surface area (Å²) in [4.78, 5) is 13.9. The van der Waals surface area contributed by atoms with Crippen molar-refractivity contribution >= 4 is 21.6 Å². The van der Waals surface area contributed by atoms with Crippen LogP contribution in [0.3, 0.4) is 0 Å². The monoisotopic (exact) mass is 326 g/mol. The van der Waals surface area contributed by atoms with Crippen LogP contribution in [0, 0.1) is 15.9 Å². The predicted octanol–water partition coefficient (Wildman–Crippen LogP) is 3.47. The van der Waals surface area contributed by atoms with Crippen LogP contribution >= 0.6 is 15.9 Å². The quantitative estimate of drug-likeness (QED) is 0.637. The van der Waals surface area contributed by atoms with Gasteiger partial charge < -0.3 is 4.74 Å². The van der Waals surface area contributed by atoms with E-state index < -0.39 is 10.7 Å². The number of nitro benzene ring substituents is 1. The standard InChI is InChI=1S/C12H8BrFN2O3/c13-9-3-12(6-15-5-9)19-7-8-1-10(14)4-11(2-8)16(17)18/h1-6H,7H2. The Bertz CT molecular complexity index is 622. The van der Waals surface area contributed by atoms with Crippen LogP contribution in [0.15, 0.2) is 41.1 Å². The molecule has 0 bridgehead atoms. The summed E-state index contributed by atoms with van der Waals surface area (Å²) in [6, 6.07) is 5.03. The third-order valence-electron chi connectivity index (χ3n) is 2.24. The Morgan fingerprint density at radius 3 is 2.79 bits per heavy atom. The highest BCUT2D eigenvalue weighted by molar-refractivity contribution is 9.10. The summed E-state index contributed by atoms with van der Waals surface area (Å²) >= 11 is 3.24. The number of hydrogen-bond donors (Lipinski definition) is 0. The number of nitro groups is 1. The molecular formula is C12H8BrFN2O3. The molecule has 98 valence electrons. The highest BCUT2D eigenvalue weighted by Gasteiger charge is 2.10. The van der Waals surface area contributed by atoms with Gasteiger partial charge in [0, 0.05) is 16.7 Å². The van der Waals surface area contributed by atoms with Crippen molar-refractivity contribution in [1.82, 2.24) is 4.98 Å². The van der Waals surface area contributed by atoms with E-state index in [1.165, 1.54) is 18.3 Å². The van der Waals surface area contributed by atoms with Gasteiger partial charge in [-0.15, -0.1) is 0 Å². The van der Waals surface area contributed by atoms with Gasteiger partial charge in [-0.2, -0.15) is 0 Å². The van der Waals surface area contributed by atoms with Gasteiger partial charge in [0.2, 0.25) is 0 Å². The Morgan fingerprint density at radius 1 is 1.32 bits per heavy atom. The van der Waals surface area contributed by atoms with E-state index in [-0.39, 0.29) is 12.3 Å². The molecule has 0 saturated carbocycles. The molecule has 0 saturated heterocycles. The molecule has 1 aromatic carbocycles. The molecule has 19 heavy (non-hydrogen) atoms. The molecule has 0 fully saturated rings. The molecule has 5 nitrogen and oxygen atoms in total. The number of aromatic nitrogens is 1. The molecule has 0 atom stereocenters. The Hall–Kier alpha value is -2.02. The molecule has 0 aliphatic rings. The highest BCUT2D eigenvalue weighted by atomic mass is 79.9. The number of halogens is 2. The zero-order valence-corrected chi connectivity index (χ0v) is 11.1. The van der Waals surface area contributed by atoms with Crippen molar-refractivity contribution in [3.63, 3.8) is 0 Å². The lowest BCUT2D eigenvalue weighted by molar-refractivity contribution is -0.385. The van der Waals surface area contributed by atoms with E-state index in [0.717, 1.165) is 10.5 Å². The van der Waals surface area contributed by atoms with E-state index in [0.29, 0.717) is 11.3 Å². The molecule has 0 spiro atoms. The van der Waals surface area contributed by atoms with Crippen molar-refractivity contribution in [1.29, 1.82) is 0 Å². The molecule has 0 aliphatic carbocycles. The molecule has 1 heterocycles. The van der Waals surface area contributed by atoms with Crippen LogP contribution in [0.1, 0.15) is 5.56 Å². The van der Waals surface area contributed by atoms with E-state index in [4.69, 9.17) is 4.74 Å². The molecule has 2 rings (SSSR count). The largest absolute Gasteiger partial charge is 0.487 e. The van der Waals surface area contributed by atoms with Crippen LogP contribution in [0.4, 0.5) is 10.1 Å². The van der Waals surface area contributed by atoms with Crippen LogP contribution in [0.5, 0.6) is 5.75 Å². The van der Waals surface area contributed by atoms with Gasteiger partial charge in [-0.25, -0.2) is 4.39 Å². The number of nitrogens with zero attached hydrogens (tertiary/aromatic N) is 2. The maximum atomic E-state index is 13.2. The van der Waals surface area contributed by atoms with Crippen LogP contribution in [-0.4, -0.2) is 9.91 Å². The Balaban J connectivity index is 2.13. The van der Waals surface area contributed by atoms with Gasteiger partial charge in [0.25, 0.3) is 5.69 Å². The first-order valence-electron chi connectivity index (χ1n) is 5.22. The topological polar surface area (TPSA) is 65.3 Å². The maximum absolute atomic E-state index is 13.2. The number of non-ortho nitro benzene ring substituents is 1. The molecule has 0 N–H and O–H groups in total. The molecule has 1 aromatic heterocycles. The van der Waals surface area contributed by atoms with Crippen molar-refractivity contribution in [2.45, 2.75) is 6.61 Å². The molecule has 2 aromatic rings. The smallest absolute Gasteiger partial charge is 0.272 e. The van der Waals surface area contributed by atoms with Gasteiger partial charge >= 0.3 is 0 Å². The molecule has 0 aliphatic heterocycles. The fourth-order valence-corrected chi connectivity index (χ4v) is 1.80. The maximum Gasteiger partial charge on any atom is 0.272 e. The van der Waals surface area contributed by atoms with E-state index >= 15 is 0 Å². The summed E-state index contributed by atoms with van der Waals surface area (Å²) in [5.41, 5.74) is 0.0812. The zero-order chi connectivity index (χ0) is 13.8. The number of ether oxygens (including phenoxy) is 1. The fourth-order valence-electron chi connectivity index (χ4n) is 1.46. The number of rotatable bonds is 4. The minimum atomic E-state index is -0.667. The van der Waals surface area contributed by atoms with Gasteiger partial charge in [0.1, 0.15) is 18.2 Å². The second kappa shape index (κ2) is 5.75. The van der Waals surface area contributed by atoms with Crippen molar-refractivity contribution < 1.29 is 14.1 Å². The number of benzene rings is 1. The molecule has 7 heteroatoms. The first-order chi connectivity index (χ1) is 9.04. The van der Waals surface area contributed by atoms with Gasteiger partial charge in [-0.1, -0.05) is 0 Å². The average molecular weight is 327 g/mol. The Labute approximate surface area is 116 Å². The summed E-state index contributed by atoms with van der Waals surface area (Å²) in [6.07, 6.45) is 3.10. The van der Waals surface area contributed by atoms with Gasteiger partial charge in [0.15, 0.2) is 0 Å². The average Bonchev–Trinajstić information content (AvgIpc) is 2.36. The van der Waals surface area contributed by atoms with Gasteiger partial charge in [0.05, 0.1) is 17.2 Å². The van der Waals surface area contributed by atoms with Crippen molar-refractivity contribution in [3.05, 3.63) is 62.6 Å². The lowest BCUT2D eigenvalue weighted by atomic mass is 10.2. The predicted molar refractivity (Wildman–Crippen MR) is 69.3 cm³/mol. The van der Waals surface area contributed by atoms with Gasteiger partial charge in [-0.05, 0) is 33.6 Å². The fraction of sp³-hybridized carbons (Fsp3) is 0.0833.